The van der Waals surface area contributed by atoms with Crippen molar-refractivity contribution >= 4 is 23.4 Å². The third kappa shape index (κ3) is 3.66. The summed E-state index contributed by atoms with van der Waals surface area (Å²) in [4.78, 5) is 15.5. The number of carbonyl (C=O) groups excluding carboxylic acids is 1. The number of anilines is 1. The van der Waals surface area contributed by atoms with Gasteiger partial charge in [0, 0.05) is 23.2 Å². The zero-order valence-electron chi connectivity index (χ0n) is 12.1. The predicted molar refractivity (Wildman–Crippen MR) is 83.4 cm³/mol. The molecule has 0 bridgehead atoms. The summed E-state index contributed by atoms with van der Waals surface area (Å²) in [5, 5.41) is 3.46. The monoisotopic (exact) mass is 294 g/mol. The van der Waals surface area contributed by atoms with Gasteiger partial charge in [0.25, 0.3) is 0 Å². The molecule has 1 fully saturated rings. The van der Waals surface area contributed by atoms with Crippen molar-refractivity contribution in [3.8, 4) is 0 Å². The van der Waals surface area contributed by atoms with Crippen LogP contribution in [0.2, 0.25) is 0 Å². The van der Waals surface area contributed by atoms with Crippen LogP contribution in [0.15, 0.2) is 18.3 Å². The maximum atomic E-state index is 11.5. The maximum absolute atomic E-state index is 11.5. The Balaban J connectivity index is 2.01. The van der Waals surface area contributed by atoms with Gasteiger partial charge in [0.1, 0.15) is 5.69 Å². The quantitative estimate of drug-likeness (QED) is 0.844. The number of thioether (sulfide) groups is 1. The predicted octanol–water partition coefficient (Wildman–Crippen LogP) is 3.35. The van der Waals surface area contributed by atoms with E-state index in [1.54, 1.807) is 12.3 Å². The zero-order chi connectivity index (χ0) is 14.4. The van der Waals surface area contributed by atoms with Crippen LogP contribution in [-0.2, 0) is 4.74 Å². The minimum atomic E-state index is -0.397. The van der Waals surface area contributed by atoms with E-state index in [4.69, 9.17) is 4.74 Å². The molecule has 2 rings (SSSR count). The first kappa shape index (κ1) is 15.2. The van der Waals surface area contributed by atoms with Crippen LogP contribution in [0.5, 0.6) is 0 Å². The first-order valence-electron chi connectivity index (χ1n) is 7.02. The van der Waals surface area contributed by atoms with E-state index in [1.165, 1.54) is 39.2 Å². The number of aromatic nitrogens is 1. The van der Waals surface area contributed by atoms with Gasteiger partial charge in [-0.3, -0.25) is 0 Å². The minimum absolute atomic E-state index is 0.326. The van der Waals surface area contributed by atoms with Gasteiger partial charge in [-0.15, -0.1) is 0 Å². The smallest absolute Gasteiger partial charge is 0.356 e. The largest absolute Gasteiger partial charge is 0.464 e. The molecule has 1 aromatic rings. The van der Waals surface area contributed by atoms with Gasteiger partial charge in [0.05, 0.1) is 7.11 Å². The van der Waals surface area contributed by atoms with Crippen molar-refractivity contribution in [1.29, 1.82) is 0 Å². The van der Waals surface area contributed by atoms with Crippen molar-refractivity contribution in [2.45, 2.75) is 36.9 Å². The molecule has 20 heavy (non-hydrogen) atoms. The van der Waals surface area contributed by atoms with Gasteiger partial charge in [0.15, 0.2) is 0 Å². The number of methoxy groups -OCH3 is 1. The zero-order valence-corrected chi connectivity index (χ0v) is 13.0. The van der Waals surface area contributed by atoms with Crippen LogP contribution >= 0.6 is 11.8 Å². The Kier molecular flexibility index (Phi) is 5.29. The second-order valence-electron chi connectivity index (χ2n) is 5.22. The van der Waals surface area contributed by atoms with Crippen molar-refractivity contribution in [2.24, 2.45) is 0 Å². The van der Waals surface area contributed by atoms with Crippen LogP contribution in [0.4, 0.5) is 5.69 Å². The SMILES string of the molecule is COC(=O)c1cc(NCC2(SC)CCCCC2)ccn1. The van der Waals surface area contributed by atoms with Gasteiger partial charge in [-0.05, 0) is 31.2 Å². The Hall–Kier alpha value is -1.23. The molecule has 0 saturated heterocycles. The van der Waals surface area contributed by atoms with Crippen LogP contribution < -0.4 is 5.32 Å². The molecule has 1 saturated carbocycles. The number of nitrogens with one attached hydrogen (secondary N) is 1. The van der Waals surface area contributed by atoms with Gasteiger partial charge in [-0.1, -0.05) is 19.3 Å². The first-order valence-corrected chi connectivity index (χ1v) is 8.25. The summed E-state index contributed by atoms with van der Waals surface area (Å²) in [7, 11) is 1.37. The van der Waals surface area contributed by atoms with E-state index in [2.05, 4.69) is 16.6 Å². The highest BCUT2D eigenvalue weighted by Crippen LogP contribution is 2.38. The molecule has 0 spiro atoms. The molecule has 1 N–H and O–H groups in total. The second-order valence-corrected chi connectivity index (χ2v) is 6.50. The maximum Gasteiger partial charge on any atom is 0.356 e. The molecule has 0 atom stereocenters. The van der Waals surface area contributed by atoms with Crippen molar-refractivity contribution in [1.82, 2.24) is 4.98 Å². The fourth-order valence-electron chi connectivity index (χ4n) is 2.67. The summed E-state index contributed by atoms with van der Waals surface area (Å²) in [5.41, 5.74) is 1.28. The number of rotatable bonds is 5. The molecular formula is C15H22N2O2S. The highest BCUT2D eigenvalue weighted by atomic mass is 32.2. The molecule has 1 aromatic heterocycles. The van der Waals surface area contributed by atoms with Crippen molar-refractivity contribution in [3.63, 3.8) is 0 Å². The summed E-state index contributed by atoms with van der Waals surface area (Å²) in [6.07, 6.45) is 10.3. The van der Waals surface area contributed by atoms with Crippen molar-refractivity contribution in [2.75, 3.05) is 25.2 Å². The lowest BCUT2D eigenvalue weighted by Crippen LogP contribution is -2.35. The Morgan fingerprint density at radius 1 is 1.45 bits per heavy atom. The molecular weight excluding hydrogens is 272 g/mol. The van der Waals surface area contributed by atoms with E-state index in [1.807, 2.05) is 17.8 Å². The molecule has 1 aliphatic carbocycles. The second kappa shape index (κ2) is 6.97. The first-order chi connectivity index (χ1) is 9.69. The molecule has 110 valence electrons. The fourth-order valence-corrected chi connectivity index (χ4v) is 3.58. The van der Waals surface area contributed by atoms with E-state index >= 15 is 0 Å². The van der Waals surface area contributed by atoms with Crippen LogP contribution in [0.3, 0.4) is 0 Å². The topological polar surface area (TPSA) is 51.2 Å². The number of hydrogen-bond acceptors (Lipinski definition) is 5. The Bertz CT molecular complexity index is 459. The lowest BCUT2D eigenvalue weighted by atomic mass is 9.88. The third-order valence-corrected chi connectivity index (χ3v) is 5.39. The average Bonchev–Trinajstić information content (AvgIpc) is 2.53. The van der Waals surface area contributed by atoms with Crippen molar-refractivity contribution < 1.29 is 9.53 Å². The molecule has 0 aromatic carbocycles. The molecule has 1 aliphatic rings. The van der Waals surface area contributed by atoms with E-state index in [9.17, 15) is 4.79 Å². The number of ether oxygens (including phenoxy) is 1. The molecule has 1 heterocycles. The highest BCUT2D eigenvalue weighted by molar-refractivity contribution is 8.00. The van der Waals surface area contributed by atoms with Crippen LogP contribution in [0.25, 0.3) is 0 Å². The van der Waals surface area contributed by atoms with E-state index in [-0.39, 0.29) is 0 Å². The third-order valence-electron chi connectivity index (χ3n) is 3.97. The number of esters is 1. The fraction of sp³-hybridized carbons (Fsp3) is 0.600. The van der Waals surface area contributed by atoms with E-state index in [0.717, 1.165) is 12.2 Å². The molecule has 0 aliphatic heterocycles. The van der Waals surface area contributed by atoms with Gasteiger partial charge in [0.2, 0.25) is 0 Å². The summed E-state index contributed by atoms with van der Waals surface area (Å²) >= 11 is 1.96. The minimum Gasteiger partial charge on any atom is -0.464 e. The van der Waals surface area contributed by atoms with Crippen LogP contribution in [-0.4, -0.2) is 35.6 Å². The lowest BCUT2D eigenvalue weighted by molar-refractivity contribution is 0.0594. The number of hydrogen-bond donors (Lipinski definition) is 1. The van der Waals surface area contributed by atoms with Gasteiger partial charge in [-0.2, -0.15) is 11.8 Å². The van der Waals surface area contributed by atoms with Crippen LogP contribution in [0, 0.1) is 0 Å². The Morgan fingerprint density at radius 2 is 2.20 bits per heavy atom. The summed E-state index contributed by atoms with van der Waals surface area (Å²) in [6.45, 7) is 0.929. The molecule has 4 nitrogen and oxygen atoms in total. The standard InChI is InChI=1S/C15H22N2O2S/c1-19-14(18)13-10-12(6-9-16-13)17-11-15(20-2)7-4-3-5-8-15/h6,9-10H,3-5,7-8,11H2,1-2H3,(H,16,17). The average molecular weight is 294 g/mol. The lowest BCUT2D eigenvalue weighted by Gasteiger charge is -2.36. The molecule has 0 unspecified atom stereocenters. The highest BCUT2D eigenvalue weighted by Gasteiger charge is 2.30. The van der Waals surface area contributed by atoms with E-state index < -0.39 is 5.97 Å². The normalized spacial score (nSPS) is 17.5. The summed E-state index contributed by atoms with van der Waals surface area (Å²) < 4.78 is 5.02. The Labute approximate surface area is 124 Å². The van der Waals surface area contributed by atoms with Gasteiger partial charge in [-0.25, -0.2) is 9.78 Å². The summed E-state index contributed by atoms with van der Waals surface area (Å²) in [5.74, 6) is -0.397. The molecule has 0 radical (unpaired) electrons. The Morgan fingerprint density at radius 3 is 2.85 bits per heavy atom. The number of nitrogens with zero attached hydrogens (tertiary/aromatic N) is 1. The van der Waals surface area contributed by atoms with Gasteiger partial charge >= 0.3 is 5.97 Å². The number of pyridine rings is 1. The summed E-state index contributed by atoms with van der Waals surface area (Å²) in [6, 6.07) is 3.64. The molecule has 0 amide bonds. The van der Waals surface area contributed by atoms with E-state index in [0.29, 0.717) is 10.4 Å². The van der Waals surface area contributed by atoms with Gasteiger partial charge < -0.3 is 10.1 Å². The number of carbonyl (C=O) groups is 1. The van der Waals surface area contributed by atoms with Crippen molar-refractivity contribution in [3.05, 3.63) is 24.0 Å². The van der Waals surface area contributed by atoms with Crippen LogP contribution in [0.1, 0.15) is 42.6 Å². The molecule has 5 heteroatoms.